The number of aromatic nitrogens is 3. The molecule has 2 N–H and O–H groups in total. The average molecular weight is 356 g/mol. The number of benzene rings is 2. The molecule has 5 nitrogen and oxygen atoms in total. The Kier molecular flexibility index (Phi) is 4.66. The molecule has 0 spiro atoms. The van der Waals surface area contributed by atoms with Gasteiger partial charge in [0.2, 0.25) is 0 Å². The van der Waals surface area contributed by atoms with Crippen LogP contribution >= 0.6 is 0 Å². The number of nitrogens with one attached hydrogen (secondary N) is 2. The smallest absolute Gasteiger partial charge is 0.271 e. The van der Waals surface area contributed by atoms with Gasteiger partial charge in [-0.1, -0.05) is 61.5 Å². The number of carbonyl (C=O) groups excluding carboxylic acids is 1. The highest BCUT2D eigenvalue weighted by molar-refractivity contribution is 6.05. The van der Waals surface area contributed by atoms with Crippen molar-refractivity contribution in [3.8, 4) is 11.3 Å². The van der Waals surface area contributed by atoms with E-state index in [0.29, 0.717) is 5.69 Å². The highest BCUT2D eigenvalue weighted by atomic mass is 16.1. The molecular weight excluding hydrogens is 336 g/mol. The van der Waals surface area contributed by atoms with Crippen molar-refractivity contribution in [2.75, 3.05) is 0 Å². The van der Waals surface area contributed by atoms with Gasteiger partial charge in [-0.25, -0.2) is 4.98 Å². The van der Waals surface area contributed by atoms with Gasteiger partial charge in [-0.2, -0.15) is 0 Å². The Morgan fingerprint density at radius 2 is 1.81 bits per heavy atom. The zero-order valence-corrected chi connectivity index (χ0v) is 15.0. The molecule has 4 aromatic rings. The Morgan fingerprint density at radius 3 is 2.63 bits per heavy atom. The van der Waals surface area contributed by atoms with Crippen molar-refractivity contribution < 1.29 is 4.79 Å². The normalized spacial score (nSPS) is 12.0. The zero-order valence-electron chi connectivity index (χ0n) is 15.0. The van der Waals surface area contributed by atoms with E-state index >= 15 is 0 Å². The highest BCUT2D eigenvalue weighted by Gasteiger charge is 2.19. The van der Waals surface area contributed by atoms with E-state index in [9.17, 15) is 4.79 Å². The fraction of sp³-hybridized carbons (Fsp3) is 0.136. The summed E-state index contributed by atoms with van der Waals surface area (Å²) >= 11 is 0. The lowest BCUT2D eigenvalue weighted by atomic mass is 10.1. The summed E-state index contributed by atoms with van der Waals surface area (Å²) in [7, 11) is 0. The Hall–Kier alpha value is -3.47. The van der Waals surface area contributed by atoms with Crippen LogP contribution in [-0.4, -0.2) is 20.9 Å². The summed E-state index contributed by atoms with van der Waals surface area (Å²) in [6, 6.07) is 19.5. The third-order valence-electron chi connectivity index (χ3n) is 4.61. The van der Waals surface area contributed by atoms with Gasteiger partial charge in [-0.15, -0.1) is 0 Å². The van der Waals surface area contributed by atoms with E-state index in [4.69, 9.17) is 0 Å². The molecule has 1 atom stereocenters. The van der Waals surface area contributed by atoms with Crippen molar-refractivity contribution in [1.29, 1.82) is 0 Å². The minimum Gasteiger partial charge on any atom is -0.341 e. The molecule has 0 bridgehead atoms. The number of fused-ring (bicyclic) bond motifs is 1. The lowest BCUT2D eigenvalue weighted by molar-refractivity contribution is 0.0930. The first kappa shape index (κ1) is 17.0. The van der Waals surface area contributed by atoms with E-state index < -0.39 is 0 Å². The predicted octanol–water partition coefficient (Wildman–Crippen LogP) is 4.51. The Labute approximate surface area is 157 Å². The number of pyridine rings is 1. The van der Waals surface area contributed by atoms with Crippen LogP contribution in [0.5, 0.6) is 0 Å². The summed E-state index contributed by atoms with van der Waals surface area (Å²) in [6.07, 6.45) is 4.19. The summed E-state index contributed by atoms with van der Waals surface area (Å²) in [5, 5.41) is 4.90. The summed E-state index contributed by atoms with van der Waals surface area (Å²) in [4.78, 5) is 25.0. The molecule has 5 heteroatoms. The molecular formula is C22H20N4O. The van der Waals surface area contributed by atoms with E-state index in [2.05, 4.69) is 20.3 Å². The Balaban J connectivity index is 1.59. The first-order valence-electron chi connectivity index (χ1n) is 9.01. The molecule has 1 unspecified atom stereocenters. The maximum Gasteiger partial charge on any atom is 0.271 e. The van der Waals surface area contributed by atoms with Gasteiger partial charge in [-0.05, 0) is 23.4 Å². The van der Waals surface area contributed by atoms with Crippen molar-refractivity contribution >= 4 is 16.7 Å². The van der Waals surface area contributed by atoms with Crippen LogP contribution in [0.1, 0.15) is 35.7 Å². The van der Waals surface area contributed by atoms with Gasteiger partial charge in [0.05, 0.1) is 17.9 Å². The van der Waals surface area contributed by atoms with Crippen LogP contribution in [0.15, 0.2) is 73.1 Å². The minimum absolute atomic E-state index is 0.198. The van der Waals surface area contributed by atoms with Crippen LogP contribution in [0.2, 0.25) is 0 Å². The number of carbonyl (C=O) groups is 1. The lowest BCUT2D eigenvalue weighted by Gasteiger charge is -2.15. The third-order valence-corrected chi connectivity index (χ3v) is 4.61. The average Bonchev–Trinajstić information content (AvgIpc) is 3.22. The predicted molar refractivity (Wildman–Crippen MR) is 106 cm³/mol. The second-order valence-corrected chi connectivity index (χ2v) is 6.36. The summed E-state index contributed by atoms with van der Waals surface area (Å²) in [6.45, 7) is 2.02. The number of aromatic amines is 1. The molecule has 2 heterocycles. The van der Waals surface area contributed by atoms with Crippen molar-refractivity contribution in [3.05, 3.63) is 84.6 Å². The first-order valence-corrected chi connectivity index (χ1v) is 9.01. The van der Waals surface area contributed by atoms with E-state index in [1.165, 1.54) is 0 Å². The number of hydrogen-bond acceptors (Lipinski definition) is 3. The molecule has 2 aromatic carbocycles. The molecule has 0 saturated carbocycles. The van der Waals surface area contributed by atoms with Gasteiger partial charge >= 0.3 is 0 Å². The molecule has 4 rings (SSSR count). The van der Waals surface area contributed by atoms with Crippen LogP contribution < -0.4 is 5.32 Å². The molecule has 0 saturated heterocycles. The molecule has 27 heavy (non-hydrogen) atoms. The lowest BCUT2D eigenvalue weighted by Crippen LogP contribution is -2.29. The molecule has 2 aromatic heterocycles. The van der Waals surface area contributed by atoms with Gasteiger partial charge in [0.15, 0.2) is 0 Å². The van der Waals surface area contributed by atoms with Crippen LogP contribution in [0, 0.1) is 0 Å². The minimum atomic E-state index is -0.212. The SMILES string of the molecule is CCC(NC(=O)c1nccc2ccccc12)c1ncc(-c2ccccc2)[nH]1. The van der Waals surface area contributed by atoms with Gasteiger partial charge in [0.1, 0.15) is 11.5 Å². The van der Waals surface area contributed by atoms with E-state index in [-0.39, 0.29) is 11.9 Å². The van der Waals surface area contributed by atoms with Crippen LogP contribution in [0.3, 0.4) is 0 Å². The van der Waals surface area contributed by atoms with Gasteiger partial charge < -0.3 is 10.3 Å². The number of hydrogen-bond donors (Lipinski definition) is 2. The van der Waals surface area contributed by atoms with Crippen molar-refractivity contribution in [3.63, 3.8) is 0 Å². The largest absolute Gasteiger partial charge is 0.341 e. The second-order valence-electron chi connectivity index (χ2n) is 6.36. The number of H-pyrrole nitrogens is 1. The third kappa shape index (κ3) is 3.44. The quantitative estimate of drug-likeness (QED) is 0.553. The number of amides is 1. The van der Waals surface area contributed by atoms with Crippen molar-refractivity contribution in [2.45, 2.75) is 19.4 Å². The van der Waals surface area contributed by atoms with Crippen LogP contribution in [-0.2, 0) is 0 Å². The van der Waals surface area contributed by atoms with Crippen molar-refractivity contribution in [1.82, 2.24) is 20.3 Å². The second kappa shape index (κ2) is 7.41. The summed E-state index contributed by atoms with van der Waals surface area (Å²) in [5.74, 6) is 0.543. The number of nitrogens with zero attached hydrogens (tertiary/aromatic N) is 2. The van der Waals surface area contributed by atoms with E-state index in [0.717, 1.165) is 34.3 Å². The van der Waals surface area contributed by atoms with E-state index in [1.54, 1.807) is 12.4 Å². The monoisotopic (exact) mass is 356 g/mol. The number of rotatable bonds is 5. The molecule has 0 radical (unpaired) electrons. The van der Waals surface area contributed by atoms with Crippen molar-refractivity contribution in [2.24, 2.45) is 0 Å². The number of imidazole rings is 1. The Bertz CT molecular complexity index is 1070. The summed E-state index contributed by atoms with van der Waals surface area (Å²) in [5.41, 5.74) is 2.43. The molecule has 0 aliphatic carbocycles. The fourth-order valence-electron chi connectivity index (χ4n) is 3.17. The van der Waals surface area contributed by atoms with Gasteiger partial charge in [-0.3, -0.25) is 9.78 Å². The van der Waals surface area contributed by atoms with Crippen LogP contribution in [0.25, 0.3) is 22.0 Å². The Morgan fingerprint density at radius 1 is 1.04 bits per heavy atom. The molecule has 1 amide bonds. The standard InChI is InChI=1S/C22H20N4O/c1-2-18(21-24-14-19(25-21)16-9-4-3-5-10-16)26-22(27)20-17-11-7-6-8-15(17)12-13-23-20/h3-14,18H,2H2,1H3,(H,24,25)(H,26,27). The zero-order chi connectivity index (χ0) is 18.6. The van der Waals surface area contributed by atoms with Crippen LogP contribution in [0.4, 0.5) is 0 Å². The van der Waals surface area contributed by atoms with Gasteiger partial charge in [0.25, 0.3) is 5.91 Å². The van der Waals surface area contributed by atoms with E-state index in [1.807, 2.05) is 67.6 Å². The highest BCUT2D eigenvalue weighted by Crippen LogP contribution is 2.22. The summed E-state index contributed by atoms with van der Waals surface area (Å²) < 4.78 is 0. The molecule has 0 fully saturated rings. The van der Waals surface area contributed by atoms with Gasteiger partial charge in [0, 0.05) is 11.6 Å². The molecule has 134 valence electrons. The maximum absolute atomic E-state index is 12.9. The topological polar surface area (TPSA) is 70.7 Å². The molecule has 0 aliphatic heterocycles. The molecule has 0 aliphatic rings. The fourth-order valence-corrected chi connectivity index (χ4v) is 3.17. The maximum atomic E-state index is 12.9. The first-order chi connectivity index (χ1) is 13.3.